The number of imidazole rings is 1. The summed E-state index contributed by atoms with van der Waals surface area (Å²) in [4.78, 5) is 53.6. The minimum absolute atomic E-state index is 0.000830. The number of nitrogens with zero attached hydrogens (tertiary/aromatic N) is 5. The largest absolute Gasteiger partial charge is 0.469 e. The number of hydrogen-bond acceptors (Lipinski definition) is 9. The molecular formula is C32H39N7O5. The van der Waals surface area contributed by atoms with E-state index >= 15 is 0 Å². The molecule has 0 spiro atoms. The van der Waals surface area contributed by atoms with Gasteiger partial charge in [-0.25, -0.2) is 4.79 Å². The summed E-state index contributed by atoms with van der Waals surface area (Å²) in [6, 6.07) is 16.0. The maximum atomic E-state index is 13.7. The molecule has 1 amide bonds. The lowest BCUT2D eigenvalue weighted by molar-refractivity contribution is -0.139. The van der Waals surface area contributed by atoms with Crippen molar-refractivity contribution in [2.24, 2.45) is 0 Å². The Morgan fingerprint density at radius 1 is 1.02 bits per heavy atom. The highest BCUT2D eigenvalue weighted by atomic mass is 16.5. The Bertz CT molecular complexity index is 1640. The molecular weight excluding hydrogens is 562 g/mol. The first-order chi connectivity index (χ1) is 21.3. The number of benzene rings is 2. The molecule has 0 unspecified atom stereocenters. The highest BCUT2D eigenvalue weighted by Crippen LogP contribution is 2.23. The van der Waals surface area contributed by atoms with Crippen LogP contribution >= 0.6 is 0 Å². The molecule has 232 valence electrons. The number of anilines is 1. The molecule has 1 aliphatic heterocycles. The van der Waals surface area contributed by atoms with Gasteiger partial charge in [-0.3, -0.25) is 19.1 Å². The van der Waals surface area contributed by atoms with Crippen LogP contribution in [0.4, 0.5) is 5.82 Å². The Balaban J connectivity index is 1.29. The summed E-state index contributed by atoms with van der Waals surface area (Å²) in [7, 11) is 1.37. The number of nitrogens with two attached hydrogens (primary N) is 1. The Labute approximate surface area is 255 Å². The number of nitrogen functional groups attached to an aromatic ring is 1. The number of ether oxygens (including phenoxy) is 2. The normalized spacial score (nSPS) is 12.8. The first-order valence-electron chi connectivity index (χ1n) is 14.9. The fourth-order valence-electron chi connectivity index (χ4n) is 5.35. The second-order valence-corrected chi connectivity index (χ2v) is 11.0. The smallest absolute Gasteiger partial charge is 0.327 e. The number of nitrogens with one attached hydrogen (secondary N) is 1. The quantitative estimate of drug-likeness (QED) is 0.164. The van der Waals surface area contributed by atoms with Gasteiger partial charge in [-0.2, -0.15) is 9.97 Å². The summed E-state index contributed by atoms with van der Waals surface area (Å²) < 4.78 is 11.9. The molecule has 0 fully saturated rings. The summed E-state index contributed by atoms with van der Waals surface area (Å²) in [5.41, 5.74) is 10.8. The standard InChI is InChI=1S/C32H39N7O5/c1-3-4-16-44-31-35-29(33)28-30(36-31)39(32(42)34-28)15-7-14-38(18-23-12-10-22(11-13-23)17-27(41)43-2)26(40)21-37-19-24-8-5-6-9-25(24)20-37/h5-6,8-13H,3-4,7,14-21H2,1-2H3,(H,34,42)(H2,33,35,36). The minimum atomic E-state index is -0.347. The molecule has 0 saturated heterocycles. The van der Waals surface area contributed by atoms with Crippen molar-refractivity contribution in [3.63, 3.8) is 0 Å². The molecule has 2 aromatic heterocycles. The zero-order chi connectivity index (χ0) is 31.1. The van der Waals surface area contributed by atoms with E-state index in [9.17, 15) is 14.4 Å². The van der Waals surface area contributed by atoms with E-state index in [4.69, 9.17) is 15.2 Å². The Morgan fingerprint density at radius 2 is 1.73 bits per heavy atom. The van der Waals surface area contributed by atoms with Crippen LogP contribution in [0.25, 0.3) is 11.2 Å². The lowest BCUT2D eigenvalue weighted by atomic mass is 10.1. The lowest BCUT2D eigenvalue weighted by Gasteiger charge is -2.26. The van der Waals surface area contributed by atoms with Crippen LogP contribution in [0.1, 0.15) is 48.4 Å². The zero-order valence-electron chi connectivity index (χ0n) is 25.3. The number of amides is 1. The molecule has 0 atom stereocenters. The molecule has 5 rings (SSSR count). The Kier molecular flexibility index (Phi) is 9.90. The molecule has 0 radical (unpaired) electrons. The summed E-state index contributed by atoms with van der Waals surface area (Å²) >= 11 is 0. The number of methoxy groups -OCH3 is 1. The van der Waals surface area contributed by atoms with Gasteiger partial charge in [0.25, 0.3) is 0 Å². The van der Waals surface area contributed by atoms with Crippen LogP contribution in [0.2, 0.25) is 0 Å². The van der Waals surface area contributed by atoms with Gasteiger partial charge in [0.1, 0.15) is 5.52 Å². The molecule has 1 aliphatic rings. The minimum Gasteiger partial charge on any atom is -0.469 e. The number of fused-ring (bicyclic) bond motifs is 2. The van der Waals surface area contributed by atoms with Gasteiger partial charge in [-0.1, -0.05) is 61.9 Å². The first kappa shape index (κ1) is 30.7. The van der Waals surface area contributed by atoms with Crippen LogP contribution in [-0.4, -0.2) is 68.0 Å². The van der Waals surface area contributed by atoms with Gasteiger partial charge in [0.15, 0.2) is 11.5 Å². The van der Waals surface area contributed by atoms with Crippen LogP contribution < -0.4 is 16.2 Å². The van der Waals surface area contributed by atoms with Crippen LogP contribution in [-0.2, 0) is 46.9 Å². The second-order valence-electron chi connectivity index (χ2n) is 11.0. The van der Waals surface area contributed by atoms with Crippen molar-refractivity contribution >= 4 is 28.9 Å². The number of unbranched alkanes of at least 4 members (excludes halogenated alkanes) is 1. The monoisotopic (exact) mass is 601 g/mol. The van der Waals surface area contributed by atoms with Crippen LogP contribution in [0.3, 0.4) is 0 Å². The first-order valence-corrected chi connectivity index (χ1v) is 14.9. The average molecular weight is 602 g/mol. The van der Waals surface area contributed by atoms with Crippen LogP contribution in [0.5, 0.6) is 6.01 Å². The molecule has 4 aromatic rings. The van der Waals surface area contributed by atoms with E-state index in [-0.39, 0.29) is 42.4 Å². The molecule has 0 aliphatic carbocycles. The van der Waals surface area contributed by atoms with Gasteiger partial charge >= 0.3 is 17.7 Å². The number of aryl methyl sites for hydroxylation is 1. The SMILES string of the molecule is CCCCOc1nc(N)c2[nH]c(=O)n(CCCN(Cc3ccc(CC(=O)OC)cc3)C(=O)CN3Cc4ccccc4C3)c2n1. The van der Waals surface area contributed by atoms with E-state index in [1.165, 1.54) is 22.8 Å². The highest BCUT2D eigenvalue weighted by molar-refractivity contribution is 5.82. The van der Waals surface area contributed by atoms with Gasteiger partial charge < -0.3 is 25.1 Å². The average Bonchev–Trinajstić information content (AvgIpc) is 3.57. The van der Waals surface area contributed by atoms with Gasteiger partial charge in [-0.15, -0.1) is 0 Å². The van der Waals surface area contributed by atoms with Crippen molar-refractivity contribution in [1.29, 1.82) is 0 Å². The summed E-state index contributed by atoms with van der Waals surface area (Å²) in [5, 5.41) is 0. The topological polar surface area (TPSA) is 149 Å². The summed E-state index contributed by atoms with van der Waals surface area (Å²) in [5.74, 6) is -0.155. The fraction of sp³-hybridized carbons (Fsp3) is 0.406. The van der Waals surface area contributed by atoms with Crippen molar-refractivity contribution in [2.45, 2.75) is 58.8 Å². The number of H-pyrrole nitrogens is 1. The maximum absolute atomic E-state index is 13.7. The van der Waals surface area contributed by atoms with Crippen LogP contribution in [0.15, 0.2) is 53.3 Å². The number of rotatable bonds is 14. The van der Waals surface area contributed by atoms with E-state index in [0.29, 0.717) is 43.8 Å². The van der Waals surface area contributed by atoms with Crippen molar-refractivity contribution in [1.82, 2.24) is 29.3 Å². The van der Waals surface area contributed by atoms with E-state index < -0.39 is 0 Å². The van der Waals surface area contributed by atoms with E-state index in [0.717, 1.165) is 37.1 Å². The van der Waals surface area contributed by atoms with Gasteiger partial charge in [0.2, 0.25) is 5.91 Å². The van der Waals surface area contributed by atoms with Gasteiger partial charge in [0.05, 0.1) is 26.7 Å². The van der Waals surface area contributed by atoms with Crippen molar-refractivity contribution in [3.05, 3.63) is 81.3 Å². The molecule has 12 nitrogen and oxygen atoms in total. The second kappa shape index (κ2) is 14.2. The molecule has 0 saturated carbocycles. The highest BCUT2D eigenvalue weighted by Gasteiger charge is 2.24. The number of esters is 1. The third-order valence-electron chi connectivity index (χ3n) is 7.76. The number of carbonyl (C=O) groups excluding carboxylic acids is 2. The summed E-state index contributed by atoms with van der Waals surface area (Å²) in [6.07, 6.45) is 2.51. The molecule has 3 N–H and O–H groups in total. The Hall–Kier alpha value is -4.71. The fourth-order valence-corrected chi connectivity index (χ4v) is 5.35. The van der Waals surface area contributed by atoms with Gasteiger partial charge in [-0.05, 0) is 35.1 Å². The predicted octanol–water partition coefficient (Wildman–Crippen LogP) is 3.03. The van der Waals surface area contributed by atoms with Crippen molar-refractivity contribution in [2.75, 3.05) is 32.5 Å². The number of aromatic amines is 1. The zero-order valence-corrected chi connectivity index (χ0v) is 25.3. The molecule has 12 heteroatoms. The van der Waals surface area contributed by atoms with E-state index in [1.807, 2.05) is 41.3 Å². The molecule has 3 heterocycles. The Morgan fingerprint density at radius 3 is 2.41 bits per heavy atom. The van der Waals surface area contributed by atoms with Crippen molar-refractivity contribution < 1.29 is 19.1 Å². The van der Waals surface area contributed by atoms with Crippen molar-refractivity contribution in [3.8, 4) is 6.01 Å². The molecule has 44 heavy (non-hydrogen) atoms. The van der Waals surface area contributed by atoms with E-state index in [1.54, 1.807) is 0 Å². The lowest BCUT2D eigenvalue weighted by Crippen LogP contribution is -2.39. The molecule has 2 aromatic carbocycles. The number of hydrogen-bond donors (Lipinski definition) is 2. The number of aromatic nitrogens is 4. The third kappa shape index (κ3) is 7.43. The third-order valence-corrected chi connectivity index (χ3v) is 7.76. The van der Waals surface area contributed by atoms with Crippen LogP contribution in [0, 0.1) is 0 Å². The predicted molar refractivity (Wildman–Crippen MR) is 166 cm³/mol. The van der Waals surface area contributed by atoms with Gasteiger partial charge in [0, 0.05) is 32.7 Å². The van der Waals surface area contributed by atoms with E-state index in [2.05, 4.69) is 38.9 Å². The number of carbonyl (C=O) groups is 2. The maximum Gasteiger partial charge on any atom is 0.327 e. The summed E-state index contributed by atoms with van der Waals surface area (Å²) in [6.45, 7) is 5.39. The molecule has 0 bridgehead atoms.